The van der Waals surface area contributed by atoms with Crippen molar-refractivity contribution in [1.29, 1.82) is 0 Å². The van der Waals surface area contributed by atoms with Crippen LogP contribution in [0.3, 0.4) is 0 Å². The molecular formula is C25H39N3O5. The van der Waals surface area contributed by atoms with Crippen molar-refractivity contribution >= 4 is 17.9 Å². The third kappa shape index (κ3) is 7.74. The van der Waals surface area contributed by atoms with E-state index in [0.717, 1.165) is 0 Å². The third-order valence-electron chi connectivity index (χ3n) is 5.16. The Morgan fingerprint density at radius 1 is 1.12 bits per heavy atom. The van der Waals surface area contributed by atoms with Gasteiger partial charge in [0, 0.05) is 25.7 Å². The lowest BCUT2D eigenvalue weighted by atomic mass is 10.0. The zero-order valence-corrected chi connectivity index (χ0v) is 21.0. The van der Waals surface area contributed by atoms with Gasteiger partial charge in [-0.3, -0.25) is 14.5 Å². The maximum Gasteiger partial charge on any atom is 0.410 e. The van der Waals surface area contributed by atoms with Gasteiger partial charge < -0.3 is 19.7 Å². The molecule has 1 aromatic rings. The fourth-order valence-electron chi connectivity index (χ4n) is 3.86. The Morgan fingerprint density at radius 2 is 1.76 bits per heavy atom. The summed E-state index contributed by atoms with van der Waals surface area (Å²) in [5, 5.41) is 3.01. The van der Waals surface area contributed by atoms with Gasteiger partial charge >= 0.3 is 6.09 Å². The largest absolute Gasteiger partial charge is 0.444 e. The van der Waals surface area contributed by atoms with Crippen LogP contribution in [0.15, 0.2) is 30.3 Å². The van der Waals surface area contributed by atoms with E-state index < -0.39 is 29.3 Å². The Kier molecular flexibility index (Phi) is 8.89. The van der Waals surface area contributed by atoms with E-state index in [9.17, 15) is 14.4 Å². The van der Waals surface area contributed by atoms with Gasteiger partial charge in [0.15, 0.2) is 0 Å². The van der Waals surface area contributed by atoms with Crippen molar-refractivity contribution < 1.29 is 23.9 Å². The van der Waals surface area contributed by atoms with E-state index in [1.54, 1.807) is 27.9 Å². The Balaban J connectivity index is 2.41. The minimum atomic E-state index is -0.853. The number of carbonyl (C=O) groups excluding carboxylic acids is 3. The number of benzene rings is 1. The summed E-state index contributed by atoms with van der Waals surface area (Å²) in [6.07, 6.45) is 0.697. The molecule has 0 aromatic heterocycles. The minimum absolute atomic E-state index is 0.213. The van der Waals surface area contributed by atoms with Crippen LogP contribution >= 0.6 is 0 Å². The van der Waals surface area contributed by atoms with Crippen LogP contribution < -0.4 is 5.32 Å². The number of rotatable bonds is 7. The van der Waals surface area contributed by atoms with Gasteiger partial charge in [0.1, 0.15) is 17.7 Å². The molecule has 2 rings (SSSR count). The molecule has 0 radical (unpaired) electrons. The van der Waals surface area contributed by atoms with Gasteiger partial charge in [-0.15, -0.1) is 0 Å². The van der Waals surface area contributed by atoms with E-state index >= 15 is 0 Å². The summed E-state index contributed by atoms with van der Waals surface area (Å²) in [4.78, 5) is 43.1. The Morgan fingerprint density at radius 3 is 2.30 bits per heavy atom. The number of nitrogens with one attached hydrogen (secondary N) is 1. The van der Waals surface area contributed by atoms with E-state index in [1.807, 2.05) is 51.1 Å². The SMILES string of the molecule is COCCN(C(=O)[C@H]1CCCN1C(=O)OC(C)(C)C)C(C(=O)NC(C)(C)C)c1ccccc1. The molecule has 33 heavy (non-hydrogen) atoms. The molecule has 2 atom stereocenters. The average Bonchev–Trinajstić information content (AvgIpc) is 3.18. The molecule has 1 aliphatic rings. The summed E-state index contributed by atoms with van der Waals surface area (Å²) in [5.74, 6) is -0.562. The molecule has 1 heterocycles. The number of methoxy groups -OCH3 is 1. The maximum atomic E-state index is 13.9. The molecule has 1 saturated heterocycles. The summed E-state index contributed by atoms with van der Waals surface area (Å²) < 4.78 is 10.8. The number of nitrogens with zero attached hydrogens (tertiary/aromatic N) is 2. The molecule has 1 aliphatic heterocycles. The van der Waals surface area contributed by atoms with E-state index in [-0.39, 0.29) is 25.0 Å². The summed E-state index contributed by atoms with van der Waals surface area (Å²) in [6, 6.07) is 7.67. The highest BCUT2D eigenvalue weighted by atomic mass is 16.6. The van der Waals surface area contributed by atoms with E-state index in [4.69, 9.17) is 9.47 Å². The first-order valence-electron chi connectivity index (χ1n) is 11.5. The average molecular weight is 462 g/mol. The third-order valence-corrected chi connectivity index (χ3v) is 5.16. The van der Waals surface area contributed by atoms with E-state index in [1.165, 1.54) is 9.80 Å². The molecule has 0 aliphatic carbocycles. The molecule has 1 fully saturated rings. The van der Waals surface area contributed by atoms with Crippen molar-refractivity contribution in [2.45, 2.75) is 77.6 Å². The predicted octanol–water partition coefficient (Wildman–Crippen LogP) is 3.52. The highest BCUT2D eigenvalue weighted by Gasteiger charge is 2.42. The Bertz CT molecular complexity index is 814. The predicted molar refractivity (Wildman–Crippen MR) is 127 cm³/mol. The van der Waals surface area contributed by atoms with Crippen molar-refractivity contribution in [3.05, 3.63) is 35.9 Å². The summed E-state index contributed by atoms with van der Waals surface area (Å²) >= 11 is 0. The number of amides is 3. The summed E-state index contributed by atoms with van der Waals surface area (Å²) in [7, 11) is 1.55. The summed E-state index contributed by atoms with van der Waals surface area (Å²) in [6.45, 7) is 12.0. The molecule has 3 amide bonds. The molecular weight excluding hydrogens is 422 g/mol. The molecule has 1 N–H and O–H groups in total. The Labute approximate surface area is 197 Å². The van der Waals surface area contributed by atoms with Crippen LogP contribution in [0.1, 0.15) is 66.0 Å². The van der Waals surface area contributed by atoms with Crippen molar-refractivity contribution in [3.8, 4) is 0 Å². The van der Waals surface area contributed by atoms with Crippen molar-refractivity contribution in [2.24, 2.45) is 0 Å². The quantitative estimate of drug-likeness (QED) is 0.671. The number of hydrogen-bond donors (Lipinski definition) is 1. The lowest BCUT2D eigenvalue weighted by Gasteiger charge is -2.37. The lowest BCUT2D eigenvalue weighted by molar-refractivity contribution is -0.145. The molecule has 8 heteroatoms. The lowest BCUT2D eigenvalue weighted by Crippen LogP contribution is -2.54. The van der Waals surface area contributed by atoms with Gasteiger partial charge in [-0.1, -0.05) is 30.3 Å². The highest BCUT2D eigenvalue weighted by molar-refractivity contribution is 5.92. The number of likely N-dealkylation sites (tertiary alicyclic amines) is 1. The molecule has 0 bridgehead atoms. The first-order valence-corrected chi connectivity index (χ1v) is 11.5. The van der Waals surface area contributed by atoms with Crippen LogP contribution in [0.2, 0.25) is 0 Å². The second kappa shape index (κ2) is 11.0. The first-order chi connectivity index (χ1) is 15.3. The summed E-state index contributed by atoms with van der Waals surface area (Å²) in [5.41, 5.74) is -0.441. The molecule has 0 spiro atoms. The zero-order chi connectivity index (χ0) is 24.8. The van der Waals surface area contributed by atoms with Crippen molar-refractivity contribution in [2.75, 3.05) is 26.8 Å². The van der Waals surface area contributed by atoms with Gasteiger partial charge in [0.25, 0.3) is 0 Å². The second-order valence-electron chi connectivity index (χ2n) is 10.4. The molecule has 8 nitrogen and oxygen atoms in total. The molecule has 0 saturated carbocycles. The zero-order valence-electron chi connectivity index (χ0n) is 21.0. The standard InChI is InChI=1S/C25H39N3O5/c1-24(2,3)26-21(29)20(18-12-9-8-10-13-18)28(16-17-32-7)22(30)19-14-11-15-27(19)23(31)33-25(4,5)6/h8-10,12-13,19-20H,11,14-17H2,1-7H3,(H,26,29)/t19-,20?/m1/s1. The topological polar surface area (TPSA) is 88.2 Å². The van der Waals surface area contributed by atoms with Crippen LogP contribution in [-0.4, -0.2) is 71.7 Å². The van der Waals surface area contributed by atoms with E-state index in [0.29, 0.717) is 24.9 Å². The molecule has 1 aromatic carbocycles. The second-order valence-corrected chi connectivity index (χ2v) is 10.4. The van der Waals surface area contributed by atoms with Gasteiger partial charge in [-0.25, -0.2) is 4.79 Å². The maximum absolute atomic E-state index is 13.9. The minimum Gasteiger partial charge on any atom is -0.444 e. The number of carbonyl (C=O) groups is 3. The Hall–Kier alpha value is -2.61. The van der Waals surface area contributed by atoms with Crippen LogP contribution in [0, 0.1) is 0 Å². The van der Waals surface area contributed by atoms with Gasteiger partial charge in [0.05, 0.1) is 6.61 Å². The first kappa shape index (κ1) is 26.6. The highest BCUT2D eigenvalue weighted by Crippen LogP contribution is 2.28. The number of hydrogen-bond acceptors (Lipinski definition) is 5. The van der Waals surface area contributed by atoms with Gasteiger partial charge in [-0.2, -0.15) is 0 Å². The van der Waals surface area contributed by atoms with Crippen LogP contribution in [0.4, 0.5) is 4.79 Å². The molecule has 1 unspecified atom stereocenters. The molecule has 184 valence electrons. The fraction of sp³-hybridized carbons (Fsp3) is 0.640. The smallest absolute Gasteiger partial charge is 0.410 e. The van der Waals surface area contributed by atoms with Crippen molar-refractivity contribution in [3.63, 3.8) is 0 Å². The van der Waals surface area contributed by atoms with Crippen LogP contribution in [0.25, 0.3) is 0 Å². The van der Waals surface area contributed by atoms with Crippen LogP contribution in [-0.2, 0) is 19.1 Å². The van der Waals surface area contributed by atoms with E-state index in [2.05, 4.69) is 5.32 Å². The van der Waals surface area contributed by atoms with Gasteiger partial charge in [-0.05, 0) is 59.9 Å². The monoisotopic (exact) mass is 461 g/mol. The number of ether oxygens (including phenoxy) is 2. The van der Waals surface area contributed by atoms with Crippen molar-refractivity contribution in [1.82, 2.24) is 15.1 Å². The fourth-order valence-corrected chi connectivity index (χ4v) is 3.86. The van der Waals surface area contributed by atoms with Crippen LogP contribution in [0.5, 0.6) is 0 Å². The van der Waals surface area contributed by atoms with Gasteiger partial charge in [0.2, 0.25) is 11.8 Å². The normalized spacial score (nSPS) is 17.4.